The SMILES string of the molecule is C[C@H](Oc1cc(-n2cc3c(n2)CCNC3)nc(-c2noc3c2CCC[C@@]32CCCCC2=O)n1)[C@@H]1CCCN1C. The highest BCUT2D eigenvalue weighted by Crippen LogP contribution is 2.47. The standard InChI is InChI=1S/C29H37N7O3/c1-18(22-8-6-14-35(22)2)38-25-15-24(36-17-19-16-30-13-10-21(19)33-36)31-28(32-25)26-20-7-5-12-29(27(20)39-34-26)11-4-3-9-23(29)37/h15,17-18,22,30H,3-14,16H2,1-2H3/t18-,22-,29+/m0/s1. The molecule has 1 spiro atoms. The number of likely N-dealkylation sites (N-methyl/N-ethyl adjacent to an activating group) is 1. The zero-order valence-corrected chi connectivity index (χ0v) is 22.9. The first-order valence-electron chi connectivity index (χ1n) is 14.6. The highest BCUT2D eigenvalue weighted by molar-refractivity contribution is 5.91. The average molecular weight is 532 g/mol. The number of fused-ring (bicyclic) bond motifs is 3. The number of carbonyl (C=O) groups excluding carboxylic acids is 1. The van der Waals surface area contributed by atoms with Crippen LogP contribution in [0.1, 0.15) is 80.9 Å². The molecule has 7 rings (SSSR count). The Morgan fingerprint density at radius 1 is 1.15 bits per heavy atom. The van der Waals surface area contributed by atoms with Crippen molar-refractivity contribution in [1.29, 1.82) is 0 Å². The van der Waals surface area contributed by atoms with Gasteiger partial charge in [0.05, 0.1) is 11.1 Å². The van der Waals surface area contributed by atoms with Gasteiger partial charge in [0.15, 0.2) is 23.1 Å². The van der Waals surface area contributed by atoms with E-state index in [-0.39, 0.29) is 6.10 Å². The van der Waals surface area contributed by atoms with E-state index in [4.69, 9.17) is 24.3 Å². The lowest BCUT2D eigenvalue weighted by molar-refractivity contribution is -0.128. The molecule has 2 aliphatic heterocycles. The maximum Gasteiger partial charge on any atom is 0.219 e. The smallest absolute Gasteiger partial charge is 0.219 e. The summed E-state index contributed by atoms with van der Waals surface area (Å²) < 4.78 is 14.3. The van der Waals surface area contributed by atoms with Crippen LogP contribution in [0.4, 0.5) is 0 Å². The monoisotopic (exact) mass is 531 g/mol. The molecule has 2 fully saturated rings. The summed E-state index contributed by atoms with van der Waals surface area (Å²) in [6.07, 6.45) is 11.2. The minimum atomic E-state index is -0.538. The Labute approximate surface area is 228 Å². The lowest BCUT2D eigenvalue weighted by Gasteiger charge is -2.36. The molecular weight excluding hydrogens is 494 g/mol. The molecule has 1 saturated carbocycles. The van der Waals surface area contributed by atoms with Gasteiger partial charge in [-0.2, -0.15) is 10.1 Å². The molecule has 5 heterocycles. The summed E-state index contributed by atoms with van der Waals surface area (Å²) in [6.45, 7) is 4.92. The van der Waals surface area contributed by atoms with Gasteiger partial charge in [0, 0.05) is 55.4 Å². The van der Waals surface area contributed by atoms with Crippen LogP contribution in [0.2, 0.25) is 0 Å². The third-order valence-corrected chi connectivity index (χ3v) is 9.34. The molecular formula is C29H37N7O3. The fraction of sp³-hybridized carbons (Fsp3) is 0.621. The van der Waals surface area contributed by atoms with Crippen LogP contribution >= 0.6 is 0 Å². The molecule has 39 heavy (non-hydrogen) atoms. The van der Waals surface area contributed by atoms with E-state index in [0.29, 0.717) is 41.5 Å². The van der Waals surface area contributed by atoms with E-state index in [1.807, 2.05) is 16.9 Å². The van der Waals surface area contributed by atoms with E-state index in [1.54, 1.807) is 0 Å². The van der Waals surface area contributed by atoms with E-state index < -0.39 is 5.41 Å². The van der Waals surface area contributed by atoms with Gasteiger partial charge in [-0.1, -0.05) is 11.6 Å². The number of rotatable bonds is 5. The summed E-state index contributed by atoms with van der Waals surface area (Å²) in [5.41, 5.74) is 3.34. The molecule has 206 valence electrons. The van der Waals surface area contributed by atoms with Crippen LogP contribution in [0.15, 0.2) is 16.8 Å². The van der Waals surface area contributed by atoms with Crippen molar-refractivity contribution in [1.82, 2.24) is 35.1 Å². The average Bonchev–Trinajstić information content (AvgIpc) is 3.68. The van der Waals surface area contributed by atoms with Crippen LogP contribution in [-0.2, 0) is 29.6 Å². The van der Waals surface area contributed by atoms with Crippen LogP contribution in [0.25, 0.3) is 17.3 Å². The Bertz CT molecular complexity index is 1370. The van der Waals surface area contributed by atoms with Gasteiger partial charge >= 0.3 is 0 Å². The van der Waals surface area contributed by atoms with Gasteiger partial charge in [-0.05, 0) is 65.5 Å². The van der Waals surface area contributed by atoms with Gasteiger partial charge in [-0.15, -0.1) is 0 Å². The van der Waals surface area contributed by atoms with Crippen molar-refractivity contribution in [3.05, 3.63) is 34.8 Å². The van der Waals surface area contributed by atoms with Crippen LogP contribution in [0.5, 0.6) is 5.88 Å². The highest BCUT2D eigenvalue weighted by atomic mass is 16.5. The number of nitrogens with one attached hydrogen (secondary N) is 1. The van der Waals surface area contributed by atoms with Gasteiger partial charge in [0.1, 0.15) is 11.9 Å². The Balaban J connectivity index is 1.30. The first kappa shape index (κ1) is 24.9. The van der Waals surface area contributed by atoms with E-state index in [0.717, 1.165) is 88.0 Å². The van der Waals surface area contributed by atoms with E-state index in [2.05, 4.69) is 29.3 Å². The molecule has 10 nitrogen and oxygen atoms in total. The van der Waals surface area contributed by atoms with Gasteiger partial charge in [-0.25, -0.2) is 9.67 Å². The Kier molecular flexibility index (Phi) is 6.27. The van der Waals surface area contributed by atoms with E-state index >= 15 is 0 Å². The summed E-state index contributed by atoms with van der Waals surface area (Å²) in [5.74, 6) is 2.65. The molecule has 0 amide bonds. The van der Waals surface area contributed by atoms with Gasteiger partial charge in [-0.3, -0.25) is 9.69 Å². The molecule has 3 atom stereocenters. The van der Waals surface area contributed by atoms with Crippen molar-refractivity contribution in [3.63, 3.8) is 0 Å². The number of ketones is 1. The van der Waals surface area contributed by atoms with E-state index in [9.17, 15) is 4.79 Å². The molecule has 4 aliphatic rings. The molecule has 0 aromatic carbocycles. The largest absolute Gasteiger partial charge is 0.473 e. The molecule has 2 aliphatic carbocycles. The first-order valence-corrected chi connectivity index (χ1v) is 14.6. The molecule has 0 unspecified atom stereocenters. The van der Waals surface area contributed by atoms with Crippen molar-refractivity contribution in [2.45, 2.75) is 95.2 Å². The summed E-state index contributed by atoms with van der Waals surface area (Å²) in [7, 11) is 2.15. The van der Waals surface area contributed by atoms with Crippen molar-refractivity contribution in [2.24, 2.45) is 0 Å². The fourth-order valence-corrected chi connectivity index (χ4v) is 7.21. The Hall–Kier alpha value is -3.11. The second kappa shape index (κ2) is 9.82. The number of aromatic nitrogens is 5. The summed E-state index contributed by atoms with van der Waals surface area (Å²) in [5, 5.41) is 12.8. The van der Waals surface area contributed by atoms with Crippen molar-refractivity contribution < 1.29 is 14.1 Å². The molecule has 10 heteroatoms. The summed E-state index contributed by atoms with van der Waals surface area (Å²) >= 11 is 0. The van der Waals surface area contributed by atoms with Crippen LogP contribution in [0, 0.1) is 0 Å². The van der Waals surface area contributed by atoms with Crippen LogP contribution in [-0.4, -0.2) is 67.9 Å². The topological polar surface area (TPSA) is 111 Å². The quantitative estimate of drug-likeness (QED) is 0.528. The molecule has 0 bridgehead atoms. The van der Waals surface area contributed by atoms with Gasteiger partial charge in [0.25, 0.3) is 0 Å². The number of hydrogen-bond acceptors (Lipinski definition) is 9. The number of hydrogen-bond donors (Lipinski definition) is 1. The predicted molar refractivity (Wildman–Crippen MR) is 144 cm³/mol. The molecule has 1 saturated heterocycles. The summed E-state index contributed by atoms with van der Waals surface area (Å²) in [4.78, 5) is 25.3. The number of Topliss-reactive ketones (excluding diaryl/α,β-unsaturated/α-hetero) is 1. The zero-order chi connectivity index (χ0) is 26.6. The van der Waals surface area contributed by atoms with E-state index in [1.165, 1.54) is 12.0 Å². The lowest BCUT2D eigenvalue weighted by atomic mass is 9.64. The van der Waals surface area contributed by atoms with Gasteiger partial charge in [0.2, 0.25) is 5.88 Å². The number of nitrogens with zero attached hydrogens (tertiary/aromatic N) is 6. The predicted octanol–water partition coefficient (Wildman–Crippen LogP) is 3.54. The van der Waals surface area contributed by atoms with Crippen molar-refractivity contribution >= 4 is 5.78 Å². The normalized spacial score (nSPS) is 26.0. The number of ether oxygens (including phenoxy) is 1. The zero-order valence-electron chi connectivity index (χ0n) is 22.9. The second-order valence-corrected chi connectivity index (χ2v) is 11.8. The maximum atomic E-state index is 13.2. The summed E-state index contributed by atoms with van der Waals surface area (Å²) in [6, 6.07) is 2.21. The maximum absolute atomic E-state index is 13.2. The van der Waals surface area contributed by atoms with Crippen molar-refractivity contribution in [3.8, 4) is 23.2 Å². The van der Waals surface area contributed by atoms with Gasteiger partial charge < -0.3 is 14.6 Å². The number of carbonyl (C=O) groups is 1. The minimum Gasteiger partial charge on any atom is -0.473 e. The highest BCUT2D eigenvalue weighted by Gasteiger charge is 2.48. The minimum absolute atomic E-state index is 0.0301. The fourth-order valence-electron chi connectivity index (χ4n) is 7.21. The molecule has 0 radical (unpaired) electrons. The second-order valence-electron chi connectivity index (χ2n) is 11.8. The number of likely N-dealkylation sites (tertiary alicyclic amines) is 1. The third kappa shape index (κ3) is 4.28. The van der Waals surface area contributed by atoms with Crippen LogP contribution < -0.4 is 10.1 Å². The third-order valence-electron chi connectivity index (χ3n) is 9.34. The van der Waals surface area contributed by atoms with Crippen LogP contribution in [0.3, 0.4) is 0 Å². The van der Waals surface area contributed by atoms with Crippen molar-refractivity contribution in [2.75, 3.05) is 20.1 Å². The molecule has 3 aromatic rings. The molecule has 1 N–H and O–H groups in total. The molecule has 3 aromatic heterocycles. The Morgan fingerprint density at radius 3 is 2.87 bits per heavy atom. The lowest BCUT2D eigenvalue weighted by Crippen LogP contribution is -2.41. The Morgan fingerprint density at radius 2 is 2.05 bits per heavy atom. The first-order chi connectivity index (χ1) is 19.0.